The van der Waals surface area contributed by atoms with Crippen LogP contribution in [0.25, 0.3) is 11.4 Å². The lowest BCUT2D eigenvalue weighted by atomic mass is 10.1. The van der Waals surface area contributed by atoms with Crippen LogP contribution in [0.2, 0.25) is 0 Å². The molecule has 0 bridgehead atoms. The van der Waals surface area contributed by atoms with Crippen LogP contribution in [0.4, 0.5) is 5.95 Å². The molecule has 1 fully saturated rings. The molecule has 0 unspecified atom stereocenters. The van der Waals surface area contributed by atoms with E-state index < -0.39 is 0 Å². The predicted molar refractivity (Wildman–Crippen MR) is 99.2 cm³/mol. The Morgan fingerprint density at radius 1 is 0.885 bits per heavy atom. The van der Waals surface area contributed by atoms with E-state index in [1.54, 1.807) is 12.1 Å². The second kappa shape index (κ2) is 7.49. The van der Waals surface area contributed by atoms with Crippen molar-refractivity contribution in [2.24, 2.45) is 0 Å². The standard InChI is InChI=1S/C20H20N4O2/c25-17-9-5-4-8-16(17)19-21-18(14-15-6-2-1-3-7-15)22-20(23-19)24-10-12-26-13-11-24/h1-9,25H,10-14H2. The van der Waals surface area contributed by atoms with E-state index in [9.17, 15) is 5.11 Å². The first-order chi connectivity index (χ1) is 12.8. The Morgan fingerprint density at radius 3 is 2.38 bits per heavy atom. The maximum Gasteiger partial charge on any atom is 0.229 e. The van der Waals surface area contributed by atoms with E-state index in [1.165, 1.54) is 0 Å². The second-order valence-electron chi connectivity index (χ2n) is 6.15. The first-order valence-corrected chi connectivity index (χ1v) is 8.69. The van der Waals surface area contributed by atoms with Gasteiger partial charge in [0.15, 0.2) is 5.82 Å². The summed E-state index contributed by atoms with van der Waals surface area (Å²) in [6, 6.07) is 17.2. The van der Waals surface area contributed by atoms with Crippen molar-refractivity contribution in [1.82, 2.24) is 15.0 Å². The van der Waals surface area contributed by atoms with Gasteiger partial charge in [0.25, 0.3) is 0 Å². The molecule has 1 aliphatic heterocycles. The van der Waals surface area contributed by atoms with Gasteiger partial charge in [-0.1, -0.05) is 42.5 Å². The van der Waals surface area contributed by atoms with Crippen LogP contribution in [0, 0.1) is 0 Å². The van der Waals surface area contributed by atoms with Gasteiger partial charge in [0.1, 0.15) is 11.6 Å². The predicted octanol–water partition coefficient (Wildman–Crippen LogP) is 2.67. The van der Waals surface area contributed by atoms with Crippen molar-refractivity contribution < 1.29 is 9.84 Å². The van der Waals surface area contributed by atoms with Gasteiger partial charge in [0.2, 0.25) is 5.95 Å². The average Bonchev–Trinajstić information content (AvgIpc) is 2.69. The topological polar surface area (TPSA) is 71.4 Å². The lowest BCUT2D eigenvalue weighted by molar-refractivity contribution is 0.122. The molecule has 2 heterocycles. The van der Waals surface area contributed by atoms with Crippen LogP contribution in [-0.4, -0.2) is 46.4 Å². The highest BCUT2D eigenvalue weighted by Gasteiger charge is 2.18. The Bertz CT molecular complexity index is 880. The first-order valence-electron chi connectivity index (χ1n) is 8.69. The van der Waals surface area contributed by atoms with Crippen LogP contribution in [0.1, 0.15) is 11.4 Å². The van der Waals surface area contributed by atoms with Crippen LogP contribution < -0.4 is 4.90 Å². The van der Waals surface area contributed by atoms with Crippen LogP contribution in [0.15, 0.2) is 54.6 Å². The maximum atomic E-state index is 10.2. The molecule has 3 aromatic rings. The molecule has 0 radical (unpaired) electrons. The number of aromatic nitrogens is 3. The summed E-state index contributed by atoms with van der Waals surface area (Å²) in [5.41, 5.74) is 1.74. The summed E-state index contributed by atoms with van der Waals surface area (Å²) < 4.78 is 5.43. The van der Waals surface area contributed by atoms with Crippen molar-refractivity contribution in [3.8, 4) is 17.1 Å². The highest BCUT2D eigenvalue weighted by molar-refractivity contribution is 5.64. The zero-order valence-electron chi connectivity index (χ0n) is 14.4. The molecule has 2 aromatic carbocycles. The normalized spacial score (nSPS) is 14.4. The number of morpholine rings is 1. The van der Waals surface area contributed by atoms with Gasteiger partial charge in [-0.15, -0.1) is 0 Å². The summed E-state index contributed by atoms with van der Waals surface area (Å²) >= 11 is 0. The van der Waals surface area contributed by atoms with E-state index in [1.807, 2.05) is 30.3 Å². The molecule has 1 saturated heterocycles. The van der Waals surface area contributed by atoms with E-state index in [4.69, 9.17) is 4.74 Å². The lowest BCUT2D eigenvalue weighted by Crippen LogP contribution is -2.37. The summed E-state index contributed by atoms with van der Waals surface area (Å²) in [6.45, 7) is 2.81. The largest absolute Gasteiger partial charge is 0.507 e. The molecule has 1 aromatic heterocycles. The molecule has 26 heavy (non-hydrogen) atoms. The van der Waals surface area contributed by atoms with Gasteiger partial charge in [-0.05, 0) is 17.7 Å². The molecule has 6 heteroatoms. The molecule has 1 aliphatic rings. The molecular formula is C20H20N4O2. The Kier molecular flexibility index (Phi) is 4.75. The number of benzene rings is 2. The molecule has 132 valence electrons. The van der Waals surface area contributed by atoms with Crippen LogP contribution in [-0.2, 0) is 11.2 Å². The second-order valence-corrected chi connectivity index (χ2v) is 6.15. The van der Waals surface area contributed by atoms with E-state index >= 15 is 0 Å². The minimum absolute atomic E-state index is 0.164. The molecule has 0 amide bonds. The number of nitrogens with zero attached hydrogens (tertiary/aromatic N) is 4. The molecule has 0 aliphatic carbocycles. The summed E-state index contributed by atoms with van der Waals surface area (Å²) in [7, 11) is 0. The maximum absolute atomic E-state index is 10.2. The van der Waals surface area contributed by atoms with E-state index in [0.717, 1.165) is 18.7 Å². The molecule has 0 saturated carbocycles. The number of ether oxygens (including phenoxy) is 1. The number of aromatic hydroxyl groups is 1. The number of hydrogen-bond donors (Lipinski definition) is 1. The van der Waals surface area contributed by atoms with Gasteiger partial charge >= 0.3 is 0 Å². The summed E-state index contributed by atoms with van der Waals surface area (Å²) in [5, 5.41) is 10.2. The van der Waals surface area contributed by atoms with Crippen LogP contribution in [0.5, 0.6) is 5.75 Å². The Morgan fingerprint density at radius 2 is 1.62 bits per heavy atom. The molecular weight excluding hydrogens is 328 g/mol. The van der Waals surface area contributed by atoms with Crippen molar-refractivity contribution >= 4 is 5.95 Å². The van der Waals surface area contributed by atoms with Crippen molar-refractivity contribution in [2.45, 2.75) is 6.42 Å². The Labute approximate surface area is 152 Å². The van der Waals surface area contributed by atoms with Crippen LogP contribution >= 0.6 is 0 Å². The highest BCUT2D eigenvalue weighted by atomic mass is 16.5. The van der Waals surface area contributed by atoms with Crippen molar-refractivity contribution in [1.29, 1.82) is 0 Å². The fourth-order valence-electron chi connectivity index (χ4n) is 2.95. The smallest absolute Gasteiger partial charge is 0.229 e. The number of phenolic OH excluding ortho intramolecular Hbond substituents is 1. The minimum Gasteiger partial charge on any atom is -0.507 e. The number of anilines is 1. The molecule has 4 rings (SSSR count). The lowest BCUT2D eigenvalue weighted by Gasteiger charge is -2.27. The zero-order valence-corrected chi connectivity index (χ0v) is 14.4. The molecule has 6 nitrogen and oxygen atoms in total. The summed E-state index contributed by atoms with van der Waals surface area (Å²) in [4.78, 5) is 16.0. The fourth-order valence-corrected chi connectivity index (χ4v) is 2.95. The average molecular weight is 348 g/mol. The van der Waals surface area contributed by atoms with E-state index in [0.29, 0.717) is 42.8 Å². The number of rotatable bonds is 4. The third-order valence-corrected chi connectivity index (χ3v) is 4.31. The van der Waals surface area contributed by atoms with Gasteiger partial charge in [-0.3, -0.25) is 0 Å². The van der Waals surface area contributed by atoms with Gasteiger partial charge in [-0.25, -0.2) is 4.98 Å². The number of para-hydroxylation sites is 1. The van der Waals surface area contributed by atoms with Gasteiger partial charge < -0.3 is 14.7 Å². The van der Waals surface area contributed by atoms with Crippen LogP contribution in [0.3, 0.4) is 0 Å². The number of hydrogen-bond acceptors (Lipinski definition) is 6. The summed E-state index contributed by atoms with van der Waals surface area (Å²) in [6.07, 6.45) is 0.612. The van der Waals surface area contributed by atoms with Crippen molar-refractivity contribution in [3.05, 3.63) is 66.0 Å². The minimum atomic E-state index is 0.164. The third-order valence-electron chi connectivity index (χ3n) is 4.31. The SMILES string of the molecule is Oc1ccccc1-c1nc(Cc2ccccc2)nc(N2CCOCC2)n1. The molecule has 0 atom stereocenters. The van der Waals surface area contributed by atoms with Gasteiger partial charge in [0, 0.05) is 19.5 Å². The quantitative estimate of drug-likeness (QED) is 0.782. The van der Waals surface area contributed by atoms with Gasteiger partial charge in [0.05, 0.1) is 18.8 Å². The third kappa shape index (κ3) is 3.65. The summed E-state index contributed by atoms with van der Waals surface area (Å²) in [5.74, 6) is 1.97. The number of phenols is 1. The van der Waals surface area contributed by atoms with Crippen molar-refractivity contribution in [2.75, 3.05) is 31.2 Å². The zero-order chi connectivity index (χ0) is 17.8. The van der Waals surface area contributed by atoms with Crippen molar-refractivity contribution in [3.63, 3.8) is 0 Å². The molecule has 0 spiro atoms. The first kappa shape index (κ1) is 16.5. The Balaban J connectivity index is 1.75. The van der Waals surface area contributed by atoms with Gasteiger partial charge in [-0.2, -0.15) is 9.97 Å². The Hall–Kier alpha value is -2.99. The molecule has 1 N–H and O–H groups in total. The fraction of sp³-hybridized carbons (Fsp3) is 0.250. The van der Waals surface area contributed by atoms with E-state index in [-0.39, 0.29) is 5.75 Å². The highest BCUT2D eigenvalue weighted by Crippen LogP contribution is 2.27. The monoisotopic (exact) mass is 348 g/mol. The van der Waals surface area contributed by atoms with E-state index in [2.05, 4.69) is 32.0 Å².